The van der Waals surface area contributed by atoms with E-state index < -0.39 is 9.84 Å². The number of hydrogen-bond donors (Lipinski definition) is 0. The minimum atomic E-state index is -3.33. The maximum Gasteiger partial charge on any atom is 0.230 e. The molecule has 0 radical (unpaired) electrons. The van der Waals surface area contributed by atoms with Crippen LogP contribution in [0, 0.1) is 5.92 Å². The number of carbonyl (C=O) groups excluding carboxylic acids is 2. The van der Waals surface area contributed by atoms with Crippen LogP contribution in [0.2, 0.25) is 0 Å². The fourth-order valence-corrected chi connectivity index (χ4v) is 4.94. The van der Waals surface area contributed by atoms with Gasteiger partial charge in [0.1, 0.15) is 0 Å². The van der Waals surface area contributed by atoms with E-state index >= 15 is 0 Å². The highest BCUT2D eigenvalue weighted by molar-refractivity contribution is 7.90. The zero-order valence-corrected chi connectivity index (χ0v) is 18.3. The molecule has 0 aromatic heterocycles. The molecule has 158 valence electrons. The van der Waals surface area contributed by atoms with Crippen LogP contribution in [0.4, 0.5) is 11.4 Å². The molecular weight excluding hydrogens is 400 g/mol. The second-order valence-electron chi connectivity index (χ2n) is 8.32. The number of benzene rings is 2. The van der Waals surface area contributed by atoms with E-state index in [1.54, 1.807) is 23.1 Å². The lowest BCUT2D eigenvalue weighted by Crippen LogP contribution is -2.53. The molecule has 30 heavy (non-hydrogen) atoms. The molecule has 0 saturated heterocycles. The molecule has 0 bridgehead atoms. The van der Waals surface area contributed by atoms with Crippen molar-refractivity contribution in [1.29, 1.82) is 0 Å². The summed E-state index contributed by atoms with van der Waals surface area (Å²) in [6.45, 7) is 3.94. The van der Waals surface area contributed by atoms with Gasteiger partial charge in [-0.2, -0.15) is 0 Å². The van der Waals surface area contributed by atoms with Crippen molar-refractivity contribution in [3.63, 3.8) is 0 Å². The summed E-state index contributed by atoms with van der Waals surface area (Å²) in [5, 5.41) is 0. The van der Waals surface area contributed by atoms with Crippen LogP contribution in [0.15, 0.2) is 47.4 Å². The van der Waals surface area contributed by atoms with Gasteiger partial charge in [-0.15, -0.1) is 0 Å². The average Bonchev–Trinajstić information content (AvgIpc) is 2.64. The van der Waals surface area contributed by atoms with E-state index in [1.807, 2.05) is 36.1 Å². The van der Waals surface area contributed by atoms with Gasteiger partial charge in [0.05, 0.1) is 22.3 Å². The van der Waals surface area contributed by atoms with Gasteiger partial charge in [-0.25, -0.2) is 8.42 Å². The number of anilines is 2. The molecule has 2 aliphatic rings. The van der Waals surface area contributed by atoms with Crippen LogP contribution in [0.1, 0.15) is 33.1 Å². The van der Waals surface area contributed by atoms with Crippen molar-refractivity contribution in [3.05, 3.63) is 42.5 Å². The predicted molar refractivity (Wildman–Crippen MR) is 117 cm³/mol. The summed E-state index contributed by atoms with van der Waals surface area (Å²) in [6, 6.07) is 12.3. The first kappa shape index (κ1) is 20.6. The number of hydrogen-bond acceptors (Lipinski definition) is 4. The Morgan fingerprint density at radius 3 is 2.30 bits per heavy atom. The molecule has 0 spiro atoms. The van der Waals surface area contributed by atoms with Gasteiger partial charge < -0.3 is 9.80 Å². The lowest BCUT2D eigenvalue weighted by Gasteiger charge is -2.43. The first-order valence-electron chi connectivity index (χ1n) is 10.2. The van der Waals surface area contributed by atoms with E-state index in [0.717, 1.165) is 36.1 Å². The summed E-state index contributed by atoms with van der Waals surface area (Å²) in [5.74, 6) is 0.0945. The van der Waals surface area contributed by atoms with Crippen molar-refractivity contribution in [2.45, 2.75) is 44.0 Å². The monoisotopic (exact) mass is 426 g/mol. The molecule has 1 atom stereocenters. The number of rotatable bonds is 3. The third-order valence-electron chi connectivity index (χ3n) is 6.07. The lowest BCUT2D eigenvalue weighted by atomic mass is 9.84. The highest BCUT2D eigenvalue weighted by atomic mass is 32.2. The predicted octanol–water partition coefficient (Wildman–Crippen LogP) is 3.65. The standard InChI is InChI=1S/C23H26N2O4S/c1-15-14-24(23(27)17-6-4-7-17)22-13-19(10-11-21(22)25(15)16(2)26)18-8-5-9-20(12-18)30(3,28)29/h5,8-13,15,17H,4,6-7,14H2,1-3H3. The molecule has 0 N–H and O–H groups in total. The third-order valence-corrected chi connectivity index (χ3v) is 7.18. The number of fused-ring (bicyclic) bond motifs is 1. The summed E-state index contributed by atoms with van der Waals surface area (Å²) in [7, 11) is -3.33. The van der Waals surface area contributed by atoms with Crippen LogP contribution < -0.4 is 9.80 Å². The van der Waals surface area contributed by atoms with Gasteiger partial charge in [-0.1, -0.05) is 24.6 Å². The highest BCUT2D eigenvalue weighted by Gasteiger charge is 2.37. The smallest absolute Gasteiger partial charge is 0.230 e. The molecule has 2 amide bonds. The summed E-state index contributed by atoms with van der Waals surface area (Å²) < 4.78 is 23.9. The van der Waals surface area contributed by atoms with Gasteiger partial charge >= 0.3 is 0 Å². The van der Waals surface area contributed by atoms with E-state index in [2.05, 4.69) is 0 Å². The summed E-state index contributed by atoms with van der Waals surface area (Å²) in [5.41, 5.74) is 2.99. The van der Waals surface area contributed by atoms with Crippen LogP contribution in [0.3, 0.4) is 0 Å². The van der Waals surface area contributed by atoms with Crippen molar-refractivity contribution >= 4 is 33.0 Å². The van der Waals surface area contributed by atoms with Crippen molar-refractivity contribution in [2.75, 3.05) is 22.6 Å². The summed E-state index contributed by atoms with van der Waals surface area (Å²) in [6.07, 6.45) is 4.08. The molecule has 1 heterocycles. The van der Waals surface area contributed by atoms with Gasteiger partial charge in [0, 0.05) is 25.6 Å². The molecule has 2 aromatic carbocycles. The molecule has 1 aliphatic heterocycles. The summed E-state index contributed by atoms with van der Waals surface area (Å²) >= 11 is 0. The second kappa shape index (κ2) is 7.54. The zero-order chi connectivity index (χ0) is 21.6. The van der Waals surface area contributed by atoms with Crippen molar-refractivity contribution < 1.29 is 18.0 Å². The van der Waals surface area contributed by atoms with Gasteiger partial charge in [-0.3, -0.25) is 9.59 Å². The van der Waals surface area contributed by atoms with Crippen LogP contribution >= 0.6 is 0 Å². The molecule has 1 fully saturated rings. The maximum atomic E-state index is 13.1. The number of nitrogens with zero attached hydrogens (tertiary/aromatic N) is 2. The fourth-order valence-electron chi connectivity index (χ4n) is 4.28. The SMILES string of the molecule is CC(=O)N1c2ccc(-c3cccc(S(C)(=O)=O)c3)cc2N(C(=O)C2CCC2)CC1C. The number of sulfone groups is 1. The van der Waals surface area contributed by atoms with Gasteiger partial charge in [-0.05, 0) is 55.2 Å². The molecule has 6 nitrogen and oxygen atoms in total. The fraction of sp³-hybridized carbons (Fsp3) is 0.391. The third kappa shape index (κ3) is 3.62. The molecule has 1 unspecified atom stereocenters. The Morgan fingerprint density at radius 2 is 1.70 bits per heavy atom. The minimum Gasteiger partial charge on any atom is -0.308 e. The first-order valence-corrected chi connectivity index (χ1v) is 12.1. The molecular formula is C23H26N2O4S. The normalized spacial score (nSPS) is 19.2. The van der Waals surface area contributed by atoms with Crippen LogP contribution in [0.5, 0.6) is 0 Å². The Kier molecular flexibility index (Phi) is 5.18. The molecule has 4 rings (SSSR count). The van der Waals surface area contributed by atoms with E-state index in [4.69, 9.17) is 0 Å². The van der Waals surface area contributed by atoms with E-state index in [-0.39, 0.29) is 28.7 Å². The van der Waals surface area contributed by atoms with Gasteiger partial charge in [0.2, 0.25) is 11.8 Å². The molecule has 7 heteroatoms. The van der Waals surface area contributed by atoms with Crippen molar-refractivity contribution in [2.24, 2.45) is 5.92 Å². The highest BCUT2D eigenvalue weighted by Crippen LogP contribution is 2.41. The number of carbonyl (C=O) groups is 2. The Bertz CT molecular complexity index is 1120. The van der Waals surface area contributed by atoms with Gasteiger partial charge in [0.25, 0.3) is 0 Å². The first-order chi connectivity index (χ1) is 14.2. The van der Waals surface area contributed by atoms with Gasteiger partial charge in [0.15, 0.2) is 9.84 Å². The molecule has 1 aliphatic carbocycles. The lowest BCUT2D eigenvalue weighted by molar-refractivity contribution is -0.125. The Balaban J connectivity index is 1.82. The maximum absolute atomic E-state index is 13.1. The van der Waals surface area contributed by atoms with Crippen LogP contribution in [-0.2, 0) is 19.4 Å². The molecule has 1 saturated carbocycles. The Hall–Kier alpha value is -2.67. The van der Waals surface area contributed by atoms with Crippen LogP contribution in [0.25, 0.3) is 11.1 Å². The topological polar surface area (TPSA) is 74.8 Å². The zero-order valence-electron chi connectivity index (χ0n) is 17.5. The molecule has 2 aromatic rings. The largest absolute Gasteiger partial charge is 0.308 e. The Labute approximate surface area is 177 Å². The van der Waals surface area contributed by atoms with E-state index in [0.29, 0.717) is 12.2 Å². The van der Waals surface area contributed by atoms with E-state index in [9.17, 15) is 18.0 Å². The van der Waals surface area contributed by atoms with E-state index in [1.165, 1.54) is 13.2 Å². The Morgan fingerprint density at radius 1 is 1.00 bits per heavy atom. The minimum absolute atomic E-state index is 0.0474. The van der Waals surface area contributed by atoms with Crippen LogP contribution in [-0.4, -0.2) is 39.1 Å². The number of amides is 2. The van der Waals surface area contributed by atoms with Crippen molar-refractivity contribution in [3.8, 4) is 11.1 Å². The van der Waals surface area contributed by atoms with Crippen molar-refractivity contribution in [1.82, 2.24) is 0 Å². The quantitative estimate of drug-likeness (QED) is 0.751. The second-order valence-corrected chi connectivity index (χ2v) is 10.3. The average molecular weight is 427 g/mol. The summed E-state index contributed by atoms with van der Waals surface area (Å²) in [4.78, 5) is 29.3.